The number of nitrogens with zero attached hydrogens (tertiary/aromatic N) is 2. The standard InChI is InChI=1S/C9H11N3O3S/c1-12-3-2-5(8(12)13)11-7-6(9(14)15)10-4-16-7/h4-5,11H,2-3H2,1H3,(H,14,15). The van der Waals surface area contributed by atoms with E-state index in [1.165, 1.54) is 16.8 Å². The fourth-order valence-electron chi connectivity index (χ4n) is 1.62. The van der Waals surface area contributed by atoms with Crippen LogP contribution in [0.4, 0.5) is 5.00 Å². The molecule has 2 heterocycles. The Hall–Kier alpha value is -1.63. The predicted octanol–water partition coefficient (Wildman–Crippen LogP) is 0.484. The van der Waals surface area contributed by atoms with Crippen molar-refractivity contribution in [1.29, 1.82) is 0 Å². The van der Waals surface area contributed by atoms with Gasteiger partial charge in [-0.2, -0.15) is 0 Å². The molecule has 1 aliphatic heterocycles. The minimum absolute atomic E-state index is 0.00950. The molecular formula is C9H11N3O3S. The summed E-state index contributed by atoms with van der Waals surface area (Å²) in [4.78, 5) is 27.8. The summed E-state index contributed by atoms with van der Waals surface area (Å²) in [5.41, 5.74) is 1.43. The number of carboxylic acid groups (broad SMARTS) is 1. The van der Waals surface area contributed by atoms with E-state index in [0.29, 0.717) is 18.0 Å². The zero-order chi connectivity index (χ0) is 11.7. The van der Waals surface area contributed by atoms with Crippen LogP contribution in [0.15, 0.2) is 5.51 Å². The number of likely N-dealkylation sites (tertiary alicyclic amines) is 1. The highest BCUT2D eigenvalue weighted by Gasteiger charge is 2.30. The fraction of sp³-hybridized carbons (Fsp3) is 0.444. The Morgan fingerprint density at radius 3 is 3.06 bits per heavy atom. The molecule has 0 bridgehead atoms. The second-order valence-electron chi connectivity index (χ2n) is 3.58. The summed E-state index contributed by atoms with van der Waals surface area (Å²) >= 11 is 1.19. The van der Waals surface area contributed by atoms with Crippen LogP contribution in [0.5, 0.6) is 0 Å². The first-order valence-electron chi connectivity index (χ1n) is 4.78. The van der Waals surface area contributed by atoms with Crippen LogP contribution in [0, 0.1) is 0 Å². The first-order valence-corrected chi connectivity index (χ1v) is 5.66. The molecule has 0 aliphatic carbocycles. The molecule has 1 amide bonds. The van der Waals surface area contributed by atoms with Crippen molar-refractivity contribution in [2.75, 3.05) is 18.9 Å². The summed E-state index contributed by atoms with van der Waals surface area (Å²) in [6.07, 6.45) is 0.687. The average molecular weight is 241 g/mol. The highest BCUT2D eigenvalue weighted by atomic mass is 32.1. The van der Waals surface area contributed by atoms with Gasteiger partial charge in [-0.1, -0.05) is 0 Å². The van der Waals surface area contributed by atoms with Gasteiger partial charge in [0.25, 0.3) is 0 Å². The van der Waals surface area contributed by atoms with Crippen molar-refractivity contribution in [2.24, 2.45) is 0 Å². The van der Waals surface area contributed by atoms with Gasteiger partial charge in [0.15, 0.2) is 5.69 Å². The number of hydrogen-bond donors (Lipinski definition) is 2. The van der Waals surface area contributed by atoms with E-state index < -0.39 is 5.97 Å². The zero-order valence-corrected chi connectivity index (χ0v) is 9.45. The molecule has 1 saturated heterocycles. The van der Waals surface area contributed by atoms with Gasteiger partial charge >= 0.3 is 5.97 Å². The monoisotopic (exact) mass is 241 g/mol. The number of rotatable bonds is 3. The molecule has 0 aromatic carbocycles. The molecule has 16 heavy (non-hydrogen) atoms. The molecule has 86 valence electrons. The number of likely N-dealkylation sites (N-methyl/N-ethyl adjacent to an activating group) is 1. The number of carbonyl (C=O) groups excluding carboxylic acids is 1. The second kappa shape index (κ2) is 4.09. The van der Waals surface area contributed by atoms with Crippen LogP contribution < -0.4 is 5.32 Å². The van der Waals surface area contributed by atoms with Crippen molar-refractivity contribution >= 4 is 28.2 Å². The van der Waals surface area contributed by atoms with E-state index in [2.05, 4.69) is 10.3 Å². The maximum atomic E-state index is 11.6. The SMILES string of the molecule is CN1CCC(Nc2scnc2C(=O)O)C1=O. The molecule has 1 aromatic rings. The number of carboxylic acids is 1. The molecule has 2 N–H and O–H groups in total. The highest BCUT2D eigenvalue weighted by Crippen LogP contribution is 2.23. The topological polar surface area (TPSA) is 82.5 Å². The second-order valence-corrected chi connectivity index (χ2v) is 4.44. The number of thiazole rings is 1. The minimum Gasteiger partial charge on any atom is -0.476 e. The van der Waals surface area contributed by atoms with E-state index in [0.717, 1.165) is 0 Å². The molecule has 0 radical (unpaired) electrons. The normalized spacial score (nSPS) is 20.2. The van der Waals surface area contributed by atoms with Crippen LogP contribution in [0.25, 0.3) is 0 Å². The van der Waals surface area contributed by atoms with Crippen molar-refractivity contribution in [3.63, 3.8) is 0 Å². The third-order valence-electron chi connectivity index (χ3n) is 2.50. The lowest BCUT2D eigenvalue weighted by Gasteiger charge is -2.11. The van der Waals surface area contributed by atoms with Crippen molar-refractivity contribution in [3.8, 4) is 0 Å². The lowest BCUT2D eigenvalue weighted by atomic mass is 10.2. The van der Waals surface area contributed by atoms with Crippen LogP contribution in [0.2, 0.25) is 0 Å². The summed E-state index contributed by atoms with van der Waals surface area (Å²) in [5, 5.41) is 12.2. The fourth-order valence-corrected chi connectivity index (χ4v) is 2.34. The van der Waals surface area contributed by atoms with Gasteiger partial charge in [0.05, 0.1) is 5.51 Å². The van der Waals surface area contributed by atoms with Crippen molar-refractivity contribution in [2.45, 2.75) is 12.5 Å². The molecular weight excluding hydrogens is 230 g/mol. The van der Waals surface area contributed by atoms with E-state index in [-0.39, 0.29) is 17.6 Å². The first-order chi connectivity index (χ1) is 7.59. The Balaban J connectivity index is 2.12. The van der Waals surface area contributed by atoms with E-state index in [1.807, 2.05) is 0 Å². The van der Waals surface area contributed by atoms with E-state index >= 15 is 0 Å². The summed E-state index contributed by atoms with van der Waals surface area (Å²) in [6.45, 7) is 0.692. The van der Waals surface area contributed by atoms with Gasteiger partial charge in [0.1, 0.15) is 11.0 Å². The number of nitrogens with one attached hydrogen (secondary N) is 1. The molecule has 1 aliphatic rings. The van der Waals surface area contributed by atoms with Crippen molar-refractivity contribution in [3.05, 3.63) is 11.2 Å². The van der Waals surface area contributed by atoms with E-state index in [9.17, 15) is 9.59 Å². The van der Waals surface area contributed by atoms with Gasteiger partial charge in [-0.15, -0.1) is 11.3 Å². The van der Waals surface area contributed by atoms with Gasteiger partial charge in [-0.05, 0) is 6.42 Å². The largest absolute Gasteiger partial charge is 0.476 e. The Morgan fingerprint density at radius 2 is 2.50 bits per heavy atom. The number of anilines is 1. The van der Waals surface area contributed by atoms with Crippen LogP contribution in [-0.2, 0) is 4.79 Å². The third kappa shape index (κ3) is 1.85. The van der Waals surface area contributed by atoms with E-state index in [1.54, 1.807) is 11.9 Å². The number of aromatic nitrogens is 1. The van der Waals surface area contributed by atoms with Crippen molar-refractivity contribution in [1.82, 2.24) is 9.88 Å². The molecule has 2 rings (SSSR count). The molecule has 0 saturated carbocycles. The van der Waals surface area contributed by atoms with Gasteiger partial charge in [-0.25, -0.2) is 9.78 Å². The summed E-state index contributed by atoms with van der Waals surface area (Å²) in [7, 11) is 1.73. The summed E-state index contributed by atoms with van der Waals surface area (Å²) < 4.78 is 0. The zero-order valence-electron chi connectivity index (χ0n) is 8.64. The summed E-state index contributed by atoms with van der Waals surface area (Å²) in [5.74, 6) is -1.09. The number of aromatic carboxylic acids is 1. The molecule has 6 nitrogen and oxygen atoms in total. The molecule has 1 aromatic heterocycles. The van der Waals surface area contributed by atoms with Crippen LogP contribution >= 0.6 is 11.3 Å². The maximum Gasteiger partial charge on any atom is 0.357 e. The predicted molar refractivity (Wildman–Crippen MR) is 58.7 cm³/mol. The van der Waals surface area contributed by atoms with Crippen LogP contribution in [0.1, 0.15) is 16.9 Å². The number of amides is 1. The molecule has 0 spiro atoms. The molecule has 1 atom stereocenters. The average Bonchev–Trinajstić information content (AvgIpc) is 2.80. The van der Waals surface area contributed by atoms with E-state index in [4.69, 9.17) is 5.11 Å². The Labute approximate surface area is 95.9 Å². The Bertz CT molecular complexity index is 431. The lowest BCUT2D eigenvalue weighted by Crippen LogP contribution is -2.31. The number of carbonyl (C=O) groups is 2. The minimum atomic E-state index is -1.08. The molecule has 1 unspecified atom stereocenters. The Kier molecular flexibility index (Phi) is 2.78. The Morgan fingerprint density at radius 1 is 1.75 bits per heavy atom. The van der Waals surface area contributed by atoms with Gasteiger partial charge in [-0.3, -0.25) is 4.79 Å². The van der Waals surface area contributed by atoms with Gasteiger partial charge in [0, 0.05) is 13.6 Å². The molecule has 1 fully saturated rings. The first kappa shape index (κ1) is 10.9. The van der Waals surface area contributed by atoms with Gasteiger partial charge < -0.3 is 15.3 Å². The highest BCUT2D eigenvalue weighted by molar-refractivity contribution is 7.14. The maximum absolute atomic E-state index is 11.6. The lowest BCUT2D eigenvalue weighted by molar-refractivity contribution is -0.127. The number of hydrogen-bond acceptors (Lipinski definition) is 5. The van der Waals surface area contributed by atoms with Crippen LogP contribution in [-0.4, -0.2) is 46.5 Å². The van der Waals surface area contributed by atoms with Gasteiger partial charge in [0.2, 0.25) is 5.91 Å². The third-order valence-corrected chi connectivity index (χ3v) is 3.26. The van der Waals surface area contributed by atoms with Crippen molar-refractivity contribution < 1.29 is 14.7 Å². The smallest absolute Gasteiger partial charge is 0.357 e. The molecule has 7 heteroatoms. The summed E-state index contributed by atoms with van der Waals surface area (Å²) in [6, 6.07) is -0.330. The quantitative estimate of drug-likeness (QED) is 0.804. The van der Waals surface area contributed by atoms with Crippen LogP contribution in [0.3, 0.4) is 0 Å².